The molecule has 2 aliphatic rings. The normalized spacial score (nSPS) is 28.6. The number of ketones is 1. The van der Waals surface area contributed by atoms with E-state index in [-0.39, 0.29) is 11.8 Å². The van der Waals surface area contributed by atoms with Crippen LogP contribution in [0.15, 0.2) is 0 Å². The summed E-state index contributed by atoms with van der Waals surface area (Å²) in [5, 5.41) is 0. The number of Topliss-reactive ketones (excluding diaryl/α,β-unsaturated/α-hetero) is 1. The predicted molar refractivity (Wildman–Crippen MR) is 55.3 cm³/mol. The van der Waals surface area contributed by atoms with Crippen LogP contribution in [-0.4, -0.2) is 18.4 Å². The third-order valence-corrected chi connectivity index (χ3v) is 3.91. The van der Waals surface area contributed by atoms with E-state index in [0.29, 0.717) is 18.4 Å². The minimum Gasteiger partial charge on any atom is -0.465 e. The molecule has 0 aromatic heterocycles. The summed E-state index contributed by atoms with van der Waals surface area (Å²) in [5.41, 5.74) is 0.311. The second-order valence-corrected chi connectivity index (χ2v) is 4.83. The lowest BCUT2D eigenvalue weighted by molar-refractivity contribution is -0.156. The second-order valence-electron chi connectivity index (χ2n) is 4.83. The first-order valence-corrected chi connectivity index (χ1v) is 5.86. The number of hydrogen-bond donors (Lipinski definition) is 0. The van der Waals surface area contributed by atoms with Crippen molar-refractivity contribution in [3.05, 3.63) is 0 Å². The van der Waals surface area contributed by atoms with Crippen molar-refractivity contribution in [3.63, 3.8) is 0 Å². The Kier molecular flexibility index (Phi) is 2.81. The van der Waals surface area contributed by atoms with Crippen molar-refractivity contribution in [1.29, 1.82) is 0 Å². The Morgan fingerprint density at radius 1 is 1.47 bits per heavy atom. The third kappa shape index (κ3) is 1.92. The Labute approximate surface area is 90.2 Å². The van der Waals surface area contributed by atoms with E-state index in [0.717, 1.165) is 12.8 Å². The van der Waals surface area contributed by atoms with E-state index in [1.807, 2.05) is 0 Å². The van der Waals surface area contributed by atoms with Crippen molar-refractivity contribution in [3.8, 4) is 0 Å². The van der Waals surface area contributed by atoms with E-state index in [9.17, 15) is 9.59 Å². The van der Waals surface area contributed by atoms with Crippen LogP contribution in [0, 0.1) is 11.3 Å². The van der Waals surface area contributed by atoms with E-state index in [1.54, 1.807) is 6.92 Å². The highest BCUT2D eigenvalue weighted by Crippen LogP contribution is 2.52. The zero-order chi connectivity index (χ0) is 10.9. The highest BCUT2D eigenvalue weighted by Gasteiger charge is 2.46. The number of hydrogen-bond acceptors (Lipinski definition) is 3. The first-order chi connectivity index (χ1) is 7.17. The van der Waals surface area contributed by atoms with Crippen molar-refractivity contribution >= 4 is 11.8 Å². The summed E-state index contributed by atoms with van der Waals surface area (Å²) >= 11 is 0. The lowest BCUT2D eigenvalue weighted by Gasteiger charge is -2.46. The molecule has 3 heteroatoms. The lowest BCUT2D eigenvalue weighted by atomic mass is 9.58. The molecule has 0 unspecified atom stereocenters. The highest BCUT2D eigenvalue weighted by atomic mass is 16.5. The average Bonchev–Trinajstić information content (AvgIpc) is 2.16. The molecule has 0 aliphatic heterocycles. The van der Waals surface area contributed by atoms with Crippen molar-refractivity contribution in [1.82, 2.24) is 0 Å². The molecular formula is C12H18O3. The smallest absolute Gasteiger partial charge is 0.316 e. The number of carbonyl (C=O) groups is 2. The topological polar surface area (TPSA) is 43.4 Å². The maximum absolute atomic E-state index is 11.6. The van der Waals surface area contributed by atoms with Gasteiger partial charge in [-0.1, -0.05) is 6.42 Å². The fraction of sp³-hybridized carbons (Fsp3) is 0.833. The second kappa shape index (κ2) is 3.95. The molecule has 0 N–H and O–H groups in total. The van der Waals surface area contributed by atoms with Crippen LogP contribution in [0.1, 0.15) is 45.4 Å². The van der Waals surface area contributed by atoms with Gasteiger partial charge in [0.05, 0.1) is 6.61 Å². The van der Waals surface area contributed by atoms with Crippen molar-refractivity contribution in [2.45, 2.75) is 45.4 Å². The Hall–Kier alpha value is -0.860. The van der Waals surface area contributed by atoms with Gasteiger partial charge in [-0.05, 0) is 38.0 Å². The molecule has 84 valence electrons. The standard InChI is InChI=1S/C12H18O3/c1-2-15-11(14)9-8-12(5-3-6-12)7-4-10(9)13/h9H,2-8H2,1H3/t9-/m0/s1. The average molecular weight is 210 g/mol. The van der Waals surface area contributed by atoms with Crippen LogP contribution in [0.5, 0.6) is 0 Å². The predicted octanol–water partition coefficient (Wildman–Crippen LogP) is 2.09. The maximum atomic E-state index is 11.6. The molecule has 2 saturated carbocycles. The van der Waals surface area contributed by atoms with Crippen molar-refractivity contribution in [2.75, 3.05) is 6.61 Å². The van der Waals surface area contributed by atoms with Crippen LogP contribution < -0.4 is 0 Å². The summed E-state index contributed by atoms with van der Waals surface area (Å²) in [6, 6.07) is 0. The summed E-state index contributed by atoms with van der Waals surface area (Å²) in [5.74, 6) is -0.668. The Morgan fingerprint density at radius 2 is 2.20 bits per heavy atom. The van der Waals surface area contributed by atoms with Gasteiger partial charge in [0, 0.05) is 6.42 Å². The van der Waals surface area contributed by atoms with Crippen LogP contribution in [0.2, 0.25) is 0 Å². The molecular weight excluding hydrogens is 192 g/mol. The van der Waals surface area contributed by atoms with Crippen LogP contribution in [-0.2, 0) is 14.3 Å². The fourth-order valence-electron chi connectivity index (χ4n) is 2.80. The number of rotatable bonds is 2. The van der Waals surface area contributed by atoms with E-state index in [1.165, 1.54) is 19.3 Å². The van der Waals surface area contributed by atoms with Gasteiger partial charge >= 0.3 is 5.97 Å². The molecule has 0 heterocycles. The summed E-state index contributed by atoms with van der Waals surface area (Å²) < 4.78 is 4.95. The van der Waals surface area contributed by atoms with Gasteiger partial charge in [-0.15, -0.1) is 0 Å². The van der Waals surface area contributed by atoms with Gasteiger partial charge in [-0.2, -0.15) is 0 Å². The number of carbonyl (C=O) groups excluding carboxylic acids is 2. The van der Waals surface area contributed by atoms with Crippen LogP contribution in [0.25, 0.3) is 0 Å². The van der Waals surface area contributed by atoms with Gasteiger partial charge < -0.3 is 4.74 Å². The molecule has 0 aromatic carbocycles. The lowest BCUT2D eigenvalue weighted by Crippen LogP contribution is -2.42. The molecule has 0 saturated heterocycles. The summed E-state index contributed by atoms with van der Waals surface area (Å²) in [6.45, 7) is 2.15. The summed E-state index contributed by atoms with van der Waals surface area (Å²) in [7, 11) is 0. The largest absolute Gasteiger partial charge is 0.465 e. The van der Waals surface area contributed by atoms with Crippen LogP contribution in [0.3, 0.4) is 0 Å². The molecule has 2 rings (SSSR count). The van der Waals surface area contributed by atoms with Crippen LogP contribution >= 0.6 is 0 Å². The quantitative estimate of drug-likeness (QED) is 0.517. The Morgan fingerprint density at radius 3 is 2.73 bits per heavy atom. The Bertz CT molecular complexity index is 279. The molecule has 0 bridgehead atoms. The van der Waals surface area contributed by atoms with Gasteiger partial charge in [0.15, 0.2) is 0 Å². The van der Waals surface area contributed by atoms with Crippen molar-refractivity contribution in [2.24, 2.45) is 11.3 Å². The minimum atomic E-state index is -0.459. The molecule has 2 aliphatic carbocycles. The van der Waals surface area contributed by atoms with E-state index < -0.39 is 5.92 Å². The van der Waals surface area contributed by atoms with Gasteiger partial charge in [0.25, 0.3) is 0 Å². The summed E-state index contributed by atoms with van der Waals surface area (Å²) in [4.78, 5) is 23.2. The van der Waals surface area contributed by atoms with Gasteiger partial charge in [-0.25, -0.2) is 0 Å². The molecule has 2 fully saturated rings. The Balaban J connectivity index is 2.02. The van der Waals surface area contributed by atoms with Gasteiger partial charge in [0.2, 0.25) is 0 Å². The van der Waals surface area contributed by atoms with Gasteiger partial charge in [-0.3, -0.25) is 9.59 Å². The van der Waals surface area contributed by atoms with E-state index in [2.05, 4.69) is 0 Å². The number of esters is 1. The molecule has 0 radical (unpaired) electrons. The molecule has 1 spiro atoms. The summed E-state index contributed by atoms with van der Waals surface area (Å²) in [6.07, 6.45) is 5.94. The maximum Gasteiger partial charge on any atom is 0.316 e. The van der Waals surface area contributed by atoms with Crippen molar-refractivity contribution < 1.29 is 14.3 Å². The zero-order valence-electron chi connectivity index (χ0n) is 9.25. The molecule has 1 atom stereocenters. The first-order valence-electron chi connectivity index (χ1n) is 5.86. The minimum absolute atomic E-state index is 0.0889. The van der Waals surface area contributed by atoms with E-state index in [4.69, 9.17) is 4.74 Å². The first kappa shape index (κ1) is 10.7. The highest BCUT2D eigenvalue weighted by molar-refractivity contribution is 5.99. The monoisotopic (exact) mass is 210 g/mol. The third-order valence-electron chi connectivity index (χ3n) is 3.91. The fourth-order valence-corrected chi connectivity index (χ4v) is 2.80. The SMILES string of the molecule is CCOC(=O)[C@H]1CC2(CCC2)CCC1=O. The molecule has 15 heavy (non-hydrogen) atoms. The van der Waals surface area contributed by atoms with Crippen LogP contribution in [0.4, 0.5) is 0 Å². The zero-order valence-corrected chi connectivity index (χ0v) is 9.25. The molecule has 0 aromatic rings. The van der Waals surface area contributed by atoms with Gasteiger partial charge in [0.1, 0.15) is 11.7 Å². The molecule has 3 nitrogen and oxygen atoms in total. The number of ether oxygens (including phenoxy) is 1. The molecule has 0 amide bonds. The van der Waals surface area contributed by atoms with E-state index >= 15 is 0 Å².